The SMILES string of the molecule is CCN(C(C)=O)C1CCN(CCC(C)(C(=O)NCCCc2ccccc2)c2ccc(Cl)c(Cl)c2)CC1. The van der Waals surface area contributed by atoms with Crippen LogP contribution in [0.4, 0.5) is 0 Å². The van der Waals surface area contributed by atoms with Crippen molar-refractivity contribution in [3.8, 4) is 0 Å². The van der Waals surface area contributed by atoms with Gasteiger partial charge in [-0.3, -0.25) is 9.59 Å². The van der Waals surface area contributed by atoms with Gasteiger partial charge in [-0.05, 0) is 75.8 Å². The van der Waals surface area contributed by atoms with E-state index in [1.807, 2.05) is 49.1 Å². The maximum atomic E-state index is 13.6. The van der Waals surface area contributed by atoms with Crippen LogP contribution in [0.15, 0.2) is 48.5 Å². The van der Waals surface area contributed by atoms with Crippen molar-refractivity contribution in [2.24, 2.45) is 0 Å². The monoisotopic (exact) mass is 531 g/mol. The van der Waals surface area contributed by atoms with E-state index in [9.17, 15) is 9.59 Å². The minimum absolute atomic E-state index is 0.0116. The lowest BCUT2D eigenvalue weighted by Crippen LogP contribution is -2.49. The van der Waals surface area contributed by atoms with Gasteiger partial charge < -0.3 is 15.1 Å². The number of halogens is 2. The first-order valence-corrected chi connectivity index (χ1v) is 13.8. The van der Waals surface area contributed by atoms with E-state index in [-0.39, 0.29) is 11.8 Å². The van der Waals surface area contributed by atoms with Gasteiger partial charge in [-0.2, -0.15) is 0 Å². The van der Waals surface area contributed by atoms with Crippen LogP contribution in [0, 0.1) is 0 Å². The van der Waals surface area contributed by atoms with Crippen molar-refractivity contribution < 1.29 is 9.59 Å². The Morgan fingerprint density at radius 3 is 2.39 bits per heavy atom. The smallest absolute Gasteiger partial charge is 0.230 e. The summed E-state index contributed by atoms with van der Waals surface area (Å²) in [7, 11) is 0. The van der Waals surface area contributed by atoms with Gasteiger partial charge >= 0.3 is 0 Å². The van der Waals surface area contributed by atoms with Gasteiger partial charge in [-0.1, -0.05) is 59.6 Å². The zero-order valence-electron chi connectivity index (χ0n) is 21.7. The average Bonchev–Trinajstić information content (AvgIpc) is 2.88. The largest absolute Gasteiger partial charge is 0.355 e. The first kappa shape index (κ1) is 28.5. The van der Waals surface area contributed by atoms with Crippen LogP contribution >= 0.6 is 23.2 Å². The molecule has 1 aliphatic heterocycles. The molecule has 3 rings (SSSR count). The Bertz CT molecular complexity index is 1010. The molecule has 1 unspecified atom stereocenters. The van der Waals surface area contributed by atoms with Crippen molar-refractivity contribution in [2.45, 2.75) is 64.3 Å². The summed E-state index contributed by atoms with van der Waals surface area (Å²) in [5.74, 6) is 0.157. The normalized spacial score (nSPS) is 16.4. The second kappa shape index (κ2) is 13.5. The molecule has 2 aromatic rings. The van der Waals surface area contributed by atoms with Crippen LogP contribution in [0.3, 0.4) is 0 Å². The fourth-order valence-corrected chi connectivity index (χ4v) is 5.43. The fourth-order valence-electron chi connectivity index (χ4n) is 5.14. The number of carbonyl (C=O) groups excluding carboxylic acids is 2. The predicted molar refractivity (Wildman–Crippen MR) is 149 cm³/mol. The molecule has 0 bridgehead atoms. The molecule has 36 heavy (non-hydrogen) atoms. The summed E-state index contributed by atoms with van der Waals surface area (Å²) in [5, 5.41) is 4.12. The van der Waals surface area contributed by atoms with E-state index in [2.05, 4.69) is 22.3 Å². The number of aryl methyl sites for hydroxylation is 1. The molecule has 0 saturated carbocycles. The van der Waals surface area contributed by atoms with Crippen molar-refractivity contribution in [1.82, 2.24) is 15.1 Å². The molecule has 1 aliphatic rings. The Hall–Kier alpha value is -2.08. The number of carbonyl (C=O) groups is 2. The Morgan fingerprint density at radius 2 is 1.78 bits per heavy atom. The maximum Gasteiger partial charge on any atom is 0.230 e. The quantitative estimate of drug-likeness (QED) is 0.377. The summed E-state index contributed by atoms with van der Waals surface area (Å²) in [6, 6.07) is 16.1. The second-order valence-corrected chi connectivity index (χ2v) is 10.7. The summed E-state index contributed by atoms with van der Waals surface area (Å²) in [6.45, 7) is 9.70. The standard InChI is InChI=1S/C29H39Cl2N3O2/c1-4-34(22(2)35)25-14-18-33(19-15-25)20-16-29(3,24-12-13-26(30)27(31)21-24)28(36)32-17-8-11-23-9-6-5-7-10-23/h5-7,9-10,12-13,21,25H,4,8,11,14-20H2,1-3H3,(H,32,36). The van der Waals surface area contributed by atoms with Gasteiger partial charge in [0.2, 0.25) is 11.8 Å². The second-order valence-electron chi connectivity index (χ2n) is 9.93. The number of likely N-dealkylation sites (tertiary alicyclic amines) is 1. The maximum absolute atomic E-state index is 13.6. The van der Waals surface area contributed by atoms with Gasteiger partial charge in [0.15, 0.2) is 0 Å². The first-order chi connectivity index (χ1) is 17.2. The third-order valence-electron chi connectivity index (χ3n) is 7.50. The number of hydrogen-bond acceptors (Lipinski definition) is 3. The average molecular weight is 533 g/mol. The molecule has 0 aromatic heterocycles. The zero-order valence-corrected chi connectivity index (χ0v) is 23.2. The molecular weight excluding hydrogens is 493 g/mol. The zero-order chi connectivity index (χ0) is 26.1. The van der Waals surface area contributed by atoms with Crippen molar-refractivity contribution >= 4 is 35.0 Å². The molecule has 0 radical (unpaired) electrons. The molecule has 1 fully saturated rings. The van der Waals surface area contributed by atoms with E-state index in [1.54, 1.807) is 13.0 Å². The van der Waals surface area contributed by atoms with Crippen LogP contribution in [0.1, 0.15) is 57.6 Å². The highest BCUT2D eigenvalue weighted by Crippen LogP contribution is 2.33. The van der Waals surface area contributed by atoms with E-state index >= 15 is 0 Å². The topological polar surface area (TPSA) is 52.7 Å². The molecule has 0 spiro atoms. The molecule has 7 heteroatoms. The molecule has 1 N–H and O–H groups in total. The highest BCUT2D eigenvalue weighted by molar-refractivity contribution is 6.42. The molecule has 1 saturated heterocycles. The summed E-state index contributed by atoms with van der Waals surface area (Å²) in [4.78, 5) is 29.9. The van der Waals surface area contributed by atoms with Gasteiger partial charge in [0, 0.05) is 39.1 Å². The van der Waals surface area contributed by atoms with Gasteiger partial charge in [0.1, 0.15) is 0 Å². The van der Waals surface area contributed by atoms with E-state index < -0.39 is 5.41 Å². The van der Waals surface area contributed by atoms with E-state index in [1.165, 1.54) is 5.56 Å². The highest BCUT2D eigenvalue weighted by Gasteiger charge is 2.36. The Balaban J connectivity index is 1.62. The van der Waals surface area contributed by atoms with Crippen LogP contribution in [0.25, 0.3) is 0 Å². The van der Waals surface area contributed by atoms with Crippen molar-refractivity contribution in [3.63, 3.8) is 0 Å². The molecule has 2 amide bonds. The van der Waals surface area contributed by atoms with Crippen molar-refractivity contribution in [1.29, 1.82) is 0 Å². The molecule has 0 aliphatic carbocycles. The number of nitrogens with one attached hydrogen (secondary N) is 1. The molecule has 2 aromatic carbocycles. The number of hydrogen-bond donors (Lipinski definition) is 1. The minimum Gasteiger partial charge on any atom is -0.355 e. The van der Waals surface area contributed by atoms with Gasteiger partial charge in [0.05, 0.1) is 15.5 Å². The predicted octanol–water partition coefficient (Wildman–Crippen LogP) is 5.72. The van der Waals surface area contributed by atoms with E-state index in [0.29, 0.717) is 29.1 Å². The first-order valence-electron chi connectivity index (χ1n) is 13.0. The summed E-state index contributed by atoms with van der Waals surface area (Å²) in [5.41, 5.74) is 1.42. The number of amides is 2. The summed E-state index contributed by atoms with van der Waals surface area (Å²) >= 11 is 12.5. The lowest BCUT2D eigenvalue weighted by molar-refractivity contribution is -0.132. The minimum atomic E-state index is -0.730. The van der Waals surface area contributed by atoms with Crippen molar-refractivity contribution in [2.75, 3.05) is 32.7 Å². The highest BCUT2D eigenvalue weighted by atomic mass is 35.5. The Labute approximate surface area is 226 Å². The third-order valence-corrected chi connectivity index (χ3v) is 8.24. The van der Waals surface area contributed by atoms with Crippen LogP contribution in [-0.2, 0) is 21.4 Å². The van der Waals surface area contributed by atoms with Gasteiger partial charge in [-0.15, -0.1) is 0 Å². The lowest BCUT2D eigenvalue weighted by atomic mass is 9.78. The Kier molecular flexibility index (Phi) is 10.7. The number of rotatable bonds is 11. The number of piperidine rings is 1. The molecule has 196 valence electrons. The van der Waals surface area contributed by atoms with Gasteiger partial charge in [0.25, 0.3) is 0 Å². The van der Waals surface area contributed by atoms with Gasteiger partial charge in [-0.25, -0.2) is 0 Å². The van der Waals surface area contributed by atoms with Crippen LogP contribution < -0.4 is 5.32 Å². The molecule has 1 heterocycles. The number of benzene rings is 2. The summed E-state index contributed by atoms with van der Waals surface area (Å²) < 4.78 is 0. The fraction of sp³-hybridized carbons (Fsp3) is 0.517. The summed E-state index contributed by atoms with van der Waals surface area (Å²) in [6.07, 6.45) is 4.40. The van der Waals surface area contributed by atoms with E-state index in [0.717, 1.165) is 57.4 Å². The van der Waals surface area contributed by atoms with Crippen molar-refractivity contribution in [3.05, 3.63) is 69.7 Å². The lowest BCUT2D eigenvalue weighted by Gasteiger charge is -2.39. The van der Waals surface area contributed by atoms with Crippen LogP contribution in [0.2, 0.25) is 10.0 Å². The molecule has 1 atom stereocenters. The Morgan fingerprint density at radius 1 is 1.08 bits per heavy atom. The third kappa shape index (κ3) is 7.47. The molecular formula is C29H39Cl2N3O2. The van der Waals surface area contributed by atoms with Crippen LogP contribution in [0.5, 0.6) is 0 Å². The number of nitrogens with zero attached hydrogens (tertiary/aromatic N) is 2. The molecule has 5 nitrogen and oxygen atoms in total. The van der Waals surface area contributed by atoms with Crippen LogP contribution in [-0.4, -0.2) is 60.4 Å². The van der Waals surface area contributed by atoms with E-state index in [4.69, 9.17) is 23.2 Å².